The van der Waals surface area contributed by atoms with Crippen LogP contribution in [0.15, 0.2) is 48.5 Å². The molecular weight excluding hydrogens is 376 g/mol. The number of aryl methyl sites for hydroxylation is 2. The van der Waals surface area contributed by atoms with Crippen molar-refractivity contribution in [1.82, 2.24) is 9.78 Å². The summed E-state index contributed by atoms with van der Waals surface area (Å²) in [6.45, 7) is 4.38. The molecule has 0 radical (unpaired) electrons. The average molecular weight is 393 g/mol. The van der Waals surface area contributed by atoms with E-state index in [0.717, 1.165) is 5.56 Å². The van der Waals surface area contributed by atoms with Crippen LogP contribution in [0.5, 0.6) is 0 Å². The lowest BCUT2D eigenvalue weighted by atomic mass is 10.0. The van der Waals surface area contributed by atoms with Crippen LogP contribution >= 0.6 is 11.6 Å². The molecule has 0 N–H and O–H groups in total. The third-order valence-corrected chi connectivity index (χ3v) is 4.76. The van der Waals surface area contributed by atoms with E-state index in [9.17, 15) is 15.4 Å². The first-order chi connectivity index (χ1) is 13.4. The SMILES string of the molecule is Cc1ccc(Cn2nc(C)c(/C=C(\C#N)c3ccc([N+](=O)[O-])cc3)c2Cl)cc1. The molecule has 0 aliphatic heterocycles. The number of nitro groups is 1. The molecule has 0 saturated carbocycles. The number of nitrogens with zero attached hydrogens (tertiary/aromatic N) is 4. The van der Waals surface area contributed by atoms with Crippen molar-refractivity contribution >= 4 is 28.9 Å². The zero-order valence-electron chi connectivity index (χ0n) is 15.4. The molecule has 0 unspecified atom stereocenters. The van der Waals surface area contributed by atoms with Crippen molar-refractivity contribution in [3.8, 4) is 6.07 Å². The van der Waals surface area contributed by atoms with E-state index in [2.05, 4.69) is 11.2 Å². The molecule has 6 nitrogen and oxygen atoms in total. The Morgan fingerprint density at radius 1 is 1.21 bits per heavy atom. The smallest absolute Gasteiger partial charge is 0.258 e. The molecule has 7 heteroatoms. The lowest BCUT2D eigenvalue weighted by molar-refractivity contribution is -0.384. The highest BCUT2D eigenvalue weighted by Gasteiger charge is 2.14. The molecule has 1 heterocycles. The standard InChI is InChI=1S/C21H17ClN4O2/c1-14-3-5-16(6-4-14)13-25-21(22)20(15(2)24-25)11-18(12-23)17-7-9-19(10-8-17)26(27)28/h3-11H,13H2,1-2H3/b18-11+. The number of nitriles is 1. The highest BCUT2D eigenvalue weighted by atomic mass is 35.5. The summed E-state index contributed by atoms with van der Waals surface area (Å²) < 4.78 is 1.69. The topological polar surface area (TPSA) is 84.8 Å². The molecule has 0 spiro atoms. The molecule has 140 valence electrons. The summed E-state index contributed by atoms with van der Waals surface area (Å²) in [5.74, 6) is 0. The fourth-order valence-corrected chi connectivity index (χ4v) is 3.08. The number of benzene rings is 2. The summed E-state index contributed by atoms with van der Waals surface area (Å²) in [7, 11) is 0. The Labute approximate surface area is 167 Å². The summed E-state index contributed by atoms with van der Waals surface area (Å²) in [4.78, 5) is 10.3. The van der Waals surface area contributed by atoms with Gasteiger partial charge in [-0.05, 0) is 43.2 Å². The summed E-state index contributed by atoms with van der Waals surface area (Å²) in [6.07, 6.45) is 1.66. The van der Waals surface area contributed by atoms with E-state index in [1.807, 2.05) is 38.1 Å². The highest BCUT2D eigenvalue weighted by molar-refractivity contribution is 6.31. The van der Waals surface area contributed by atoms with Gasteiger partial charge in [-0.1, -0.05) is 41.4 Å². The number of non-ortho nitro benzene ring substituents is 1. The van der Waals surface area contributed by atoms with Crippen LogP contribution in [0, 0.1) is 35.3 Å². The van der Waals surface area contributed by atoms with Gasteiger partial charge < -0.3 is 0 Å². The molecule has 0 bridgehead atoms. The average Bonchev–Trinajstić information content (AvgIpc) is 2.94. The van der Waals surface area contributed by atoms with Crippen molar-refractivity contribution in [2.75, 3.05) is 0 Å². The largest absolute Gasteiger partial charge is 0.269 e. The first-order valence-corrected chi connectivity index (χ1v) is 8.92. The molecule has 0 atom stereocenters. The van der Waals surface area contributed by atoms with Gasteiger partial charge in [-0.2, -0.15) is 10.4 Å². The van der Waals surface area contributed by atoms with Crippen LogP contribution in [-0.4, -0.2) is 14.7 Å². The molecule has 1 aromatic heterocycles. The maximum atomic E-state index is 10.8. The van der Waals surface area contributed by atoms with E-state index in [-0.39, 0.29) is 5.69 Å². The van der Waals surface area contributed by atoms with Gasteiger partial charge in [0, 0.05) is 17.7 Å². The first kappa shape index (κ1) is 19.3. The fraction of sp³-hybridized carbons (Fsp3) is 0.143. The monoisotopic (exact) mass is 392 g/mol. The lowest BCUT2D eigenvalue weighted by Crippen LogP contribution is -2.02. The van der Waals surface area contributed by atoms with E-state index in [1.54, 1.807) is 22.9 Å². The number of halogens is 1. The van der Waals surface area contributed by atoms with Crippen molar-refractivity contribution in [2.45, 2.75) is 20.4 Å². The Hall–Kier alpha value is -3.43. The molecular formula is C21H17ClN4O2. The van der Waals surface area contributed by atoms with Gasteiger partial charge in [0.1, 0.15) is 5.15 Å². The summed E-state index contributed by atoms with van der Waals surface area (Å²) in [6, 6.07) is 16.1. The Bertz CT molecular complexity index is 1090. The number of allylic oxidation sites excluding steroid dienone is 1. The molecule has 0 saturated heterocycles. The summed E-state index contributed by atoms with van der Waals surface area (Å²) >= 11 is 6.52. The normalized spacial score (nSPS) is 11.3. The van der Waals surface area contributed by atoms with E-state index >= 15 is 0 Å². The molecule has 3 rings (SSSR count). The molecule has 3 aromatic rings. The van der Waals surface area contributed by atoms with Crippen molar-refractivity contribution in [3.05, 3.63) is 91.7 Å². The Morgan fingerprint density at radius 2 is 1.86 bits per heavy atom. The van der Waals surface area contributed by atoms with Gasteiger partial charge in [-0.15, -0.1) is 0 Å². The first-order valence-electron chi connectivity index (χ1n) is 8.54. The van der Waals surface area contributed by atoms with Crippen molar-refractivity contribution in [1.29, 1.82) is 5.26 Å². The third-order valence-electron chi connectivity index (χ3n) is 4.36. The van der Waals surface area contributed by atoms with Crippen LogP contribution < -0.4 is 0 Å². The van der Waals surface area contributed by atoms with E-state index in [1.165, 1.54) is 17.7 Å². The molecule has 0 aliphatic rings. The molecule has 2 aromatic carbocycles. The van der Waals surface area contributed by atoms with Crippen LogP contribution in [0.1, 0.15) is 27.9 Å². The van der Waals surface area contributed by atoms with Gasteiger partial charge in [0.25, 0.3) is 5.69 Å². The minimum Gasteiger partial charge on any atom is -0.258 e. The second kappa shape index (κ2) is 8.07. The predicted octanol–water partition coefficient (Wildman–Crippen LogP) is 5.17. The van der Waals surface area contributed by atoms with Gasteiger partial charge in [0.15, 0.2) is 0 Å². The van der Waals surface area contributed by atoms with Crippen LogP contribution in [-0.2, 0) is 6.54 Å². The Kier molecular flexibility index (Phi) is 5.57. The molecule has 0 amide bonds. The van der Waals surface area contributed by atoms with Crippen LogP contribution in [0.3, 0.4) is 0 Å². The summed E-state index contributed by atoms with van der Waals surface area (Å²) in [5, 5.41) is 25.3. The van der Waals surface area contributed by atoms with E-state index in [0.29, 0.717) is 34.1 Å². The minimum absolute atomic E-state index is 0.0267. The second-order valence-electron chi connectivity index (χ2n) is 6.41. The minimum atomic E-state index is -0.477. The van der Waals surface area contributed by atoms with Crippen LogP contribution in [0.2, 0.25) is 5.15 Å². The highest BCUT2D eigenvalue weighted by Crippen LogP contribution is 2.27. The van der Waals surface area contributed by atoms with E-state index in [4.69, 9.17) is 11.6 Å². The third kappa shape index (κ3) is 4.11. The van der Waals surface area contributed by atoms with Gasteiger partial charge in [0.05, 0.1) is 28.8 Å². The summed E-state index contributed by atoms with van der Waals surface area (Å²) in [5.41, 5.74) is 4.51. The van der Waals surface area contributed by atoms with E-state index < -0.39 is 4.92 Å². The zero-order valence-corrected chi connectivity index (χ0v) is 16.1. The fourth-order valence-electron chi connectivity index (χ4n) is 2.79. The van der Waals surface area contributed by atoms with Crippen LogP contribution in [0.4, 0.5) is 5.69 Å². The van der Waals surface area contributed by atoms with Crippen molar-refractivity contribution in [2.24, 2.45) is 0 Å². The molecule has 28 heavy (non-hydrogen) atoms. The van der Waals surface area contributed by atoms with Crippen molar-refractivity contribution < 1.29 is 4.92 Å². The Morgan fingerprint density at radius 3 is 2.43 bits per heavy atom. The maximum Gasteiger partial charge on any atom is 0.269 e. The predicted molar refractivity (Wildman–Crippen MR) is 109 cm³/mol. The second-order valence-corrected chi connectivity index (χ2v) is 6.76. The number of rotatable bonds is 5. The molecule has 0 aliphatic carbocycles. The van der Waals surface area contributed by atoms with Crippen LogP contribution in [0.25, 0.3) is 11.6 Å². The van der Waals surface area contributed by atoms with Crippen molar-refractivity contribution in [3.63, 3.8) is 0 Å². The zero-order chi connectivity index (χ0) is 20.3. The molecule has 0 fully saturated rings. The quantitative estimate of drug-likeness (QED) is 0.340. The number of hydrogen-bond acceptors (Lipinski definition) is 4. The lowest BCUT2D eigenvalue weighted by Gasteiger charge is -2.04. The Balaban J connectivity index is 1.93. The number of hydrogen-bond donors (Lipinski definition) is 0. The van der Waals surface area contributed by atoms with Gasteiger partial charge in [0.2, 0.25) is 0 Å². The van der Waals surface area contributed by atoms with Gasteiger partial charge >= 0.3 is 0 Å². The van der Waals surface area contributed by atoms with Gasteiger partial charge in [-0.25, -0.2) is 4.68 Å². The van der Waals surface area contributed by atoms with Gasteiger partial charge in [-0.3, -0.25) is 10.1 Å². The maximum absolute atomic E-state index is 10.8. The number of nitro benzene ring substituents is 1. The number of aromatic nitrogens is 2.